The molecule has 2 aliphatic rings. The van der Waals surface area contributed by atoms with Crippen LogP contribution in [0.15, 0.2) is 53.4 Å². The zero-order valence-corrected chi connectivity index (χ0v) is 20.7. The third-order valence-electron chi connectivity index (χ3n) is 6.19. The van der Waals surface area contributed by atoms with Crippen molar-refractivity contribution in [1.82, 2.24) is 9.88 Å². The van der Waals surface area contributed by atoms with Crippen LogP contribution in [-0.4, -0.2) is 49.5 Å². The van der Waals surface area contributed by atoms with Gasteiger partial charge < -0.3 is 9.64 Å². The first kappa shape index (κ1) is 23.2. The maximum atomic E-state index is 13.4. The van der Waals surface area contributed by atoms with Gasteiger partial charge in [-0.05, 0) is 55.9 Å². The van der Waals surface area contributed by atoms with E-state index in [0.717, 1.165) is 16.0 Å². The van der Waals surface area contributed by atoms with Gasteiger partial charge in [-0.25, -0.2) is 18.5 Å². The highest BCUT2D eigenvalue weighted by Crippen LogP contribution is 2.42. The molecular weight excluding hydrogens is 470 g/mol. The van der Waals surface area contributed by atoms with Crippen molar-refractivity contribution in [3.63, 3.8) is 0 Å². The summed E-state index contributed by atoms with van der Waals surface area (Å²) in [5.74, 6) is 0.535. The number of amides is 1. The van der Waals surface area contributed by atoms with Crippen LogP contribution in [0.1, 0.15) is 48.0 Å². The quantitative estimate of drug-likeness (QED) is 0.568. The highest BCUT2D eigenvalue weighted by molar-refractivity contribution is 7.89. The average molecular weight is 498 g/mol. The van der Waals surface area contributed by atoms with Gasteiger partial charge in [0.25, 0.3) is 5.91 Å². The lowest BCUT2D eigenvalue weighted by Crippen LogP contribution is -2.48. The SMILES string of the molecule is CC1CN(C(=O)c2nc(-c3ccc(C4CC4)cc3)c(-c3ccc(S(N)(=O)=O)cc3)s2)CC(C)O1. The molecule has 1 aliphatic carbocycles. The number of thiazole rings is 1. The number of carbonyl (C=O) groups excluding carboxylic acids is 1. The Morgan fingerprint density at radius 1 is 1.00 bits per heavy atom. The van der Waals surface area contributed by atoms with Gasteiger partial charge in [0.05, 0.1) is 27.7 Å². The van der Waals surface area contributed by atoms with Gasteiger partial charge in [-0.1, -0.05) is 36.4 Å². The zero-order chi connectivity index (χ0) is 24.0. The number of sulfonamides is 1. The number of benzene rings is 2. The van der Waals surface area contributed by atoms with Crippen molar-refractivity contribution in [2.75, 3.05) is 13.1 Å². The number of ether oxygens (including phenoxy) is 1. The maximum Gasteiger partial charge on any atom is 0.283 e. The van der Waals surface area contributed by atoms with Gasteiger partial charge >= 0.3 is 0 Å². The molecule has 1 saturated heterocycles. The number of morpholine rings is 1. The maximum absolute atomic E-state index is 13.4. The first-order valence-corrected chi connectivity index (χ1v) is 13.7. The van der Waals surface area contributed by atoms with Crippen LogP contribution in [0.2, 0.25) is 0 Å². The van der Waals surface area contributed by atoms with Crippen molar-refractivity contribution >= 4 is 27.3 Å². The lowest BCUT2D eigenvalue weighted by atomic mass is 10.0. The molecule has 2 atom stereocenters. The van der Waals surface area contributed by atoms with E-state index in [-0.39, 0.29) is 23.0 Å². The topological polar surface area (TPSA) is 103 Å². The molecule has 0 bridgehead atoms. The highest BCUT2D eigenvalue weighted by Gasteiger charge is 2.30. The first-order valence-electron chi connectivity index (χ1n) is 11.4. The molecule has 3 aromatic rings. The summed E-state index contributed by atoms with van der Waals surface area (Å²) >= 11 is 1.32. The van der Waals surface area contributed by atoms with E-state index in [0.29, 0.717) is 29.7 Å². The van der Waals surface area contributed by atoms with E-state index in [4.69, 9.17) is 14.9 Å². The fourth-order valence-corrected chi connectivity index (χ4v) is 5.98. The first-order chi connectivity index (χ1) is 16.2. The second-order valence-corrected chi connectivity index (χ2v) is 11.7. The number of rotatable bonds is 5. The van der Waals surface area contributed by atoms with Gasteiger partial charge in [0.1, 0.15) is 0 Å². The Morgan fingerprint density at radius 2 is 1.59 bits per heavy atom. The van der Waals surface area contributed by atoms with E-state index >= 15 is 0 Å². The van der Waals surface area contributed by atoms with Crippen LogP contribution in [-0.2, 0) is 14.8 Å². The fourth-order valence-electron chi connectivity index (χ4n) is 4.41. The van der Waals surface area contributed by atoms with Gasteiger partial charge in [-0.15, -0.1) is 11.3 Å². The summed E-state index contributed by atoms with van der Waals surface area (Å²) in [5, 5.41) is 5.67. The number of primary sulfonamides is 1. The number of aromatic nitrogens is 1. The number of nitrogens with two attached hydrogens (primary N) is 1. The monoisotopic (exact) mass is 497 g/mol. The molecule has 0 spiro atoms. The third kappa shape index (κ3) is 4.79. The molecule has 5 rings (SSSR count). The largest absolute Gasteiger partial charge is 0.372 e. The highest BCUT2D eigenvalue weighted by atomic mass is 32.2. The van der Waals surface area contributed by atoms with Crippen LogP contribution in [0.25, 0.3) is 21.7 Å². The summed E-state index contributed by atoms with van der Waals surface area (Å²) in [4.78, 5) is 20.8. The molecule has 9 heteroatoms. The van der Waals surface area contributed by atoms with Crippen molar-refractivity contribution in [3.8, 4) is 21.7 Å². The summed E-state index contributed by atoms with van der Waals surface area (Å²) in [6, 6.07) is 14.8. The van der Waals surface area contributed by atoms with E-state index in [9.17, 15) is 13.2 Å². The number of hydrogen-bond donors (Lipinski definition) is 1. The fraction of sp³-hybridized carbons (Fsp3) is 0.360. The molecule has 2 aromatic carbocycles. The molecule has 1 aromatic heterocycles. The van der Waals surface area contributed by atoms with Crippen LogP contribution < -0.4 is 5.14 Å². The summed E-state index contributed by atoms with van der Waals surface area (Å²) in [5.41, 5.74) is 3.75. The number of carbonyl (C=O) groups is 1. The van der Waals surface area contributed by atoms with Crippen LogP contribution in [0.3, 0.4) is 0 Å². The Kier molecular flexibility index (Phi) is 6.05. The minimum atomic E-state index is -3.79. The molecule has 34 heavy (non-hydrogen) atoms. The molecule has 1 amide bonds. The van der Waals surface area contributed by atoms with Gasteiger partial charge in [0.2, 0.25) is 10.0 Å². The molecule has 2 N–H and O–H groups in total. The van der Waals surface area contributed by atoms with E-state index in [1.54, 1.807) is 17.0 Å². The summed E-state index contributed by atoms with van der Waals surface area (Å²) in [7, 11) is -3.79. The summed E-state index contributed by atoms with van der Waals surface area (Å²) < 4.78 is 29.2. The van der Waals surface area contributed by atoms with Crippen molar-refractivity contribution in [3.05, 3.63) is 59.1 Å². The minimum Gasteiger partial charge on any atom is -0.372 e. The summed E-state index contributed by atoms with van der Waals surface area (Å²) in [6.07, 6.45) is 2.39. The second kappa shape index (κ2) is 8.88. The van der Waals surface area contributed by atoms with E-state index in [2.05, 4.69) is 24.3 Å². The number of hydrogen-bond acceptors (Lipinski definition) is 6. The van der Waals surface area contributed by atoms with Crippen LogP contribution in [0, 0.1) is 0 Å². The minimum absolute atomic E-state index is 0.0349. The molecule has 178 valence electrons. The Bertz CT molecular complexity index is 1300. The van der Waals surface area contributed by atoms with Crippen molar-refractivity contribution in [2.24, 2.45) is 5.14 Å². The van der Waals surface area contributed by atoms with Gasteiger partial charge in [0, 0.05) is 18.7 Å². The van der Waals surface area contributed by atoms with Gasteiger partial charge in [0.15, 0.2) is 5.01 Å². The van der Waals surface area contributed by atoms with Crippen molar-refractivity contribution in [2.45, 2.75) is 49.7 Å². The van der Waals surface area contributed by atoms with Crippen molar-refractivity contribution in [1.29, 1.82) is 0 Å². The normalized spacial score (nSPS) is 21.0. The van der Waals surface area contributed by atoms with Crippen LogP contribution in [0.4, 0.5) is 0 Å². The molecule has 2 unspecified atom stereocenters. The third-order valence-corrected chi connectivity index (χ3v) is 8.22. The zero-order valence-electron chi connectivity index (χ0n) is 19.1. The van der Waals surface area contributed by atoms with Crippen LogP contribution >= 0.6 is 11.3 Å². The Morgan fingerprint density at radius 3 is 2.15 bits per heavy atom. The van der Waals surface area contributed by atoms with Gasteiger partial charge in [-0.2, -0.15) is 0 Å². The van der Waals surface area contributed by atoms with E-state index in [1.807, 2.05) is 13.8 Å². The average Bonchev–Trinajstić information content (AvgIpc) is 3.56. The summed E-state index contributed by atoms with van der Waals surface area (Å²) in [6.45, 7) is 4.96. The molecular formula is C25H27N3O4S2. The molecule has 1 saturated carbocycles. The Balaban J connectivity index is 1.54. The molecule has 2 fully saturated rings. The molecule has 1 aliphatic heterocycles. The predicted molar refractivity (Wildman–Crippen MR) is 132 cm³/mol. The van der Waals surface area contributed by atoms with Crippen molar-refractivity contribution < 1.29 is 17.9 Å². The molecule has 0 radical (unpaired) electrons. The number of nitrogens with zero attached hydrogens (tertiary/aromatic N) is 2. The lowest BCUT2D eigenvalue weighted by molar-refractivity contribution is -0.0586. The lowest BCUT2D eigenvalue weighted by Gasteiger charge is -2.34. The second-order valence-electron chi connectivity index (χ2n) is 9.13. The Labute approximate surface area is 203 Å². The molecule has 2 heterocycles. The Hall–Kier alpha value is -2.59. The van der Waals surface area contributed by atoms with E-state index < -0.39 is 10.0 Å². The standard InChI is InChI=1S/C25H27N3O4S2/c1-15-13-28(14-16(2)32-15)25(29)24-27-22(19-7-5-18(6-8-19)17-3-4-17)23(33-24)20-9-11-21(12-10-20)34(26,30)31/h5-12,15-17H,3-4,13-14H2,1-2H3,(H2,26,30,31). The van der Waals surface area contributed by atoms with E-state index in [1.165, 1.54) is 41.9 Å². The van der Waals surface area contributed by atoms with Gasteiger partial charge in [-0.3, -0.25) is 4.79 Å². The predicted octanol–water partition coefficient (Wildman–Crippen LogP) is 4.25. The molecule has 7 nitrogen and oxygen atoms in total. The smallest absolute Gasteiger partial charge is 0.283 e. The van der Waals surface area contributed by atoms with Crippen LogP contribution in [0.5, 0.6) is 0 Å².